The number of benzene rings is 3. The zero-order chi connectivity index (χ0) is 33.7. The van der Waals surface area contributed by atoms with Crippen LogP contribution in [-0.2, 0) is 23.8 Å². The molecule has 0 amide bonds. The molecule has 3 aromatic carbocycles. The van der Waals surface area contributed by atoms with E-state index in [0.29, 0.717) is 40.6 Å². The van der Waals surface area contributed by atoms with Crippen molar-refractivity contribution in [3.05, 3.63) is 101 Å². The van der Waals surface area contributed by atoms with E-state index in [9.17, 15) is 22.8 Å². The van der Waals surface area contributed by atoms with Crippen molar-refractivity contribution in [3.63, 3.8) is 0 Å². The van der Waals surface area contributed by atoms with Gasteiger partial charge in [0.15, 0.2) is 5.78 Å². The third-order valence-electron chi connectivity index (χ3n) is 8.29. The predicted octanol–water partition coefficient (Wildman–Crippen LogP) is 7.01. The maximum atomic E-state index is 13.2. The van der Waals surface area contributed by atoms with Gasteiger partial charge in [0.1, 0.15) is 11.6 Å². The molecule has 0 spiro atoms. The summed E-state index contributed by atoms with van der Waals surface area (Å²) in [4.78, 5) is 41.1. The summed E-state index contributed by atoms with van der Waals surface area (Å²) >= 11 is 0. The third-order valence-corrected chi connectivity index (χ3v) is 8.29. The van der Waals surface area contributed by atoms with Gasteiger partial charge in [0.25, 0.3) is 0 Å². The first-order valence-electron chi connectivity index (χ1n) is 15.6. The molecular weight excluding hydrogens is 605 g/mol. The number of ketones is 2. The van der Waals surface area contributed by atoms with E-state index < -0.39 is 11.7 Å². The monoisotopic (exact) mass is 644 g/mol. The van der Waals surface area contributed by atoms with Gasteiger partial charge in [0.2, 0.25) is 5.95 Å². The number of nitrogens with zero attached hydrogens (tertiary/aromatic N) is 5. The highest BCUT2D eigenvalue weighted by Gasteiger charge is 2.31. The number of carbonyl (C=O) groups excluding carboxylic acids is 2. The van der Waals surface area contributed by atoms with Crippen molar-refractivity contribution < 1.29 is 22.8 Å². The molecule has 0 saturated carbocycles. The summed E-state index contributed by atoms with van der Waals surface area (Å²) in [6.45, 7) is 7.07. The van der Waals surface area contributed by atoms with Crippen LogP contribution < -0.4 is 15.1 Å². The molecule has 0 atom stereocenters. The van der Waals surface area contributed by atoms with Gasteiger partial charge in [0.05, 0.1) is 5.56 Å². The molecule has 5 rings (SSSR count). The van der Waals surface area contributed by atoms with Crippen LogP contribution in [0.1, 0.15) is 46.0 Å². The Bertz CT molecular complexity index is 1730. The molecule has 246 valence electrons. The molecule has 1 N–H and O–H groups in total. The smallest absolute Gasteiger partial charge is 0.368 e. The SMILES string of the molecule is CCC(=O)c1cc(Nc2nccc(N(C)c3ccc(CC(=O)Cc4cc(C)cc(C(F)(F)F)c4)cc3)n2)ccc1N1CCN(C)CC1. The maximum absolute atomic E-state index is 13.2. The molecule has 0 radical (unpaired) electrons. The van der Waals surface area contributed by atoms with Gasteiger partial charge in [-0.25, -0.2) is 4.98 Å². The van der Waals surface area contributed by atoms with Gasteiger partial charge in [0, 0.05) is 81.3 Å². The van der Waals surface area contributed by atoms with E-state index in [-0.39, 0.29) is 24.4 Å². The molecule has 1 aliphatic rings. The number of halogens is 3. The number of alkyl halides is 3. The number of hydrogen-bond donors (Lipinski definition) is 1. The average molecular weight is 645 g/mol. The second-order valence-corrected chi connectivity index (χ2v) is 12.0. The molecule has 0 unspecified atom stereocenters. The summed E-state index contributed by atoms with van der Waals surface area (Å²) in [6.07, 6.45) is -2.36. The summed E-state index contributed by atoms with van der Waals surface area (Å²) in [5.74, 6) is 0.915. The standard InChI is InChI=1S/C36H39F3N6O2/c1-5-33(47)31-23-28(8-11-32(31)45-16-14-43(3)15-17-45)41-35-40-13-12-34(42-35)44(4)29-9-6-25(7-10-29)21-30(46)22-26-18-24(2)19-27(20-26)36(37,38)39/h6-13,18-20,23H,5,14-17,21-22H2,1-4H3,(H,40,41,42). The fourth-order valence-corrected chi connectivity index (χ4v) is 5.69. The third kappa shape index (κ3) is 8.53. The predicted molar refractivity (Wildman–Crippen MR) is 179 cm³/mol. The topological polar surface area (TPSA) is 81.7 Å². The number of rotatable bonds is 11. The summed E-state index contributed by atoms with van der Waals surface area (Å²) in [5.41, 5.74) is 4.00. The molecular formula is C36H39F3N6O2. The van der Waals surface area contributed by atoms with E-state index in [1.54, 1.807) is 25.3 Å². The van der Waals surface area contributed by atoms with Gasteiger partial charge in [-0.3, -0.25) is 9.59 Å². The number of piperazine rings is 1. The van der Waals surface area contributed by atoms with Gasteiger partial charge in [-0.05, 0) is 73.6 Å². The first kappa shape index (κ1) is 33.6. The number of anilines is 5. The number of aryl methyl sites for hydroxylation is 1. The highest BCUT2D eigenvalue weighted by Crippen LogP contribution is 2.31. The molecule has 47 heavy (non-hydrogen) atoms. The second-order valence-electron chi connectivity index (χ2n) is 12.0. The summed E-state index contributed by atoms with van der Waals surface area (Å²) in [6, 6.07) is 18.7. The molecule has 1 aromatic heterocycles. The molecule has 0 aliphatic carbocycles. The Morgan fingerprint density at radius 1 is 0.915 bits per heavy atom. The van der Waals surface area contributed by atoms with Crippen molar-refractivity contribution >= 4 is 40.4 Å². The lowest BCUT2D eigenvalue weighted by atomic mass is 9.99. The van der Waals surface area contributed by atoms with Crippen LogP contribution in [0.15, 0.2) is 72.9 Å². The maximum Gasteiger partial charge on any atom is 0.416 e. The lowest BCUT2D eigenvalue weighted by Crippen LogP contribution is -2.45. The van der Waals surface area contributed by atoms with Crippen LogP contribution in [0, 0.1) is 6.92 Å². The summed E-state index contributed by atoms with van der Waals surface area (Å²) in [7, 11) is 3.97. The largest absolute Gasteiger partial charge is 0.416 e. The van der Waals surface area contributed by atoms with Gasteiger partial charge >= 0.3 is 6.18 Å². The van der Waals surface area contributed by atoms with Crippen LogP contribution in [-0.4, -0.2) is 66.7 Å². The number of hydrogen-bond acceptors (Lipinski definition) is 8. The first-order valence-corrected chi connectivity index (χ1v) is 15.6. The molecule has 11 heteroatoms. The van der Waals surface area contributed by atoms with Crippen molar-refractivity contribution in [1.29, 1.82) is 0 Å². The zero-order valence-electron chi connectivity index (χ0n) is 27.1. The van der Waals surface area contributed by atoms with E-state index in [0.717, 1.165) is 55.2 Å². The summed E-state index contributed by atoms with van der Waals surface area (Å²) < 4.78 is 39.6. The molecule has 1 saturated heterocycles. The van der Waals surface area contributed by atoms with Crippen LogP contribution in [0.3, 0.4) is 0 Å². The van der Waals surface area contributed by atoms with E-state index in [2.05, 4.69) is 32.1 Å². The normalized spacial score (nSPS) is 13.8. The number of likely N-dealkylation sites (N-methyl/N-ethyl adjacent to an activating group) is 1. The van der Waals surface area contributed by atoms with Gasteiger partial charge in [-0.15, -0.1) is 0 Å². The van der Waals surface area contributed by atoms with Crippen LogP contribution in [0.2, 0.25) is 0 Å². The fraction of sp³-hybridized carbons (Fsp3) is 0.333. The summed E-state index contributed by atoms with van der Waals surface area (Å²) in [5, 5.41) is 3.25. The van der Waals surface area contributed by atoms with Crippen molar-refractivity contribution in [1.82, 2.24) is 14.9 Å². The fourth-order valence-electron chi connectivity index (χ4n) is 5.69. The Balaban J connectivity index is 1.24. The number of carbonyl (C=O) groups is 2. The highest BCUT2D eigenvalue weighted by atomic mass is 19.4. The number of aromatic nitrogens is 2. The molecule has 1 fully saturated rings. The highest BCUT2D eigenvalue weighted by molar-refractivity contribution is 6.02. The van der Waals surface area contributed by atoms with Crippen LogP contribution in [0.4, 0.5) is 42.0 Å². The van der Waals surface area contributed by atoms with E-state index in [1.165, 1.54) is 0 Å². The second kappa shape index (κ2) is 14.3. The van der Waals surface area contributed by atoms with Crippen molar-refractivity contribution in [2.75, 3.05) is 55.4 Å². The molecule has 0 bridgehead atoms. The Morgan fingerprint density at radius 3 is 2.30 bits per heavy atom. The lowest BCUT2D eigenvalue weighted by molar-refractivity contribution is -0.137. The van der Waals surface area contributed by atoms with Crippen LogP contribution in [0.25, 0.3) is 0 Å². The Kier molecular flexibility index (Phi) is 10.2. The van der Waals surface area contributed by atoms with Gasteiger partial charge in [-0.1, -0.05) is 30.7 Å². The average Bonchev–Trinajstić information content (AvgIpc) is 3.04. The van der Waals surface area contributed by atoms with Crippen molar-refractivity contribution in [3.8, 4) is 0 Å². The van der Waals surface area contributed by atoms with E-state index >= 15 is 0 Å². The van der Waals surface area contributed by atoms with Crippen LogP contribution >= 0.6 is 0 Å². The Morgan fingerprint density at radius 2 is 1.62 bits per heavy atom. The minimum atomic E-state index is -4.46. The lowest BCUT2D eigenvalue weighted by Gasteiger charge is -2.35. The Hall–Kier alpha value is -4.77. The van der Waals surface area contributed by atoms with Gasteiger partial charge in [-0.2, -0.15) is 18.2 Å². The van der Waals surface area contributed by atoms with Crippen LogP contribution in [0.5, 0.6) is 0 Å². The molecule has 8 nitrogen and oxygen atoms in total. The van der Waals surface area contributed by atoms with E-state index in [1.807, 2.05) is 61.3 Å². The molecule has 2 heterocycles. The minimum absolute atomic E-state index is 0.0736. The van der Waals surface area contributed by atoms with Gasteiger partial charge < -0.3 is 20.0 Å². The van der Waals surface area contributed by atoms with Crippen molar-refractivity contribution in [2.45, 2.75) is 39.3 Å². The Labute approximate surface area is 273 Å². The number of Topliss-reactive ketones (excluding diaryl/α,β-unsaturated/α-hetero) is 2. The number of nitrogens with one attached hydrogen (secondary N) is 1. The molecule has 1 aliphatic heterocycles. The first-order chi connectivity index (χ1) is 22.4. The minimum Gasteiger partial charge on any atom is -0.368 e. The zero-order valence-corrected chi connectivity index (χ0v) is 27.1. The quantitative estimate of drug-likeness (QED) is 0.175. The van der Waals surface area contributed by atoms with Crippen molar-refractivity contribution in [2.24, 2.45) is 0 Å². The molecule has 4 aromatic rings. The van der Waals surface area contributed by atoms with E-state index in [4.69, 9.17) is 0 Å².